The number of pyridine rings is 1. The van der Waals surface area contributed by atoms with Crippen molar-refractivity contribution in [1.82, 2.24) is 20.0 Å². The van der Waals surface area contributed by atoms with Crippen molar-refractivity contribution in [3.8, 4) is 11.4 Å². The predicted octanol–water partition coefficient (Wildman–Crippen LogP) is 4.20. The summed E-state index contributed by atoms with van der Waals surface area (Å²) in [6.45, 7) is 7.99. The SMILES string of the molecule is CC(C)c1ccc([C@](O)(c2cncc(-c3noc([C@H]4CC[C@@H](C(N)=O)CC4)n3)c2)C2(C)CN(C)C2)cc1. The average molecular weight is 504 g/mol. The van der Waals surface area contributed by atoms with Gasteiger partial charge in [-0.1, -0.05) is 50.2 Å². The molecule has 3 heterocycles. The van der Waals surface area contributed by atoms with Gasteiger partial charge in [-0.15, -0.1) is 0 Å². The molecule has 5 rings (SSSR count). The third kappa shape index (κ3) is 4.57. The Kier molecular flexibility index (Phi) is 6.66. The van der Waals surface area contributed by atoms with Crippen LogP contribution in [0.1, 0.15) is 80.9 Å². The van der Waals surface area contributed by atoms with Crippen molar-refractivity contribution in [3.05, 3.63) is 65.3 Å². The van der Waals surface area contributed by atoms with Crippen LogP contribution in [0.3, 0.4) is 0 Å². The van der Waals surface area contributed by atoms with Gasteiger partial charge in [0.05, 0.1) is 0 Å². The number of aromatic nitrogens is 3. The van der Waals surface area contributed by atoms with Crippen LogP contribution in [-0.2, 0) is 10.4 Å². The molecule has 1 saturated carbocycles. The zero-order chi connectivity index (χ0) is 26.4. The quantitative estimate of drug-likeness (QED) is 0.496. The Morgan fingerprint density at radius 3 is 2.41 bits per heavy atom. The van der Waals surface area contributed by atoms with Gasteiger partial charge in [0.1, 0.15) is 5.60 Å². The van der Waals surface area contributed by atoms with Crippen molar-refractivity contribution >= 4 is 5.91 Å². The number of carbonyl (C=O) groups excluding carboxylic acids is 1. The highest BCUT2D eigenvalue weighted by Gasteiger charge is 2.55. The summed E-state index contributed by atoms with van der Waals surface area (Å²) in [6.07, 6.45) is 6.53. The van der Waals surface area contributed by atoms with E-state index in [9.17, 15) is 9.90 Å². The van der Waals surface area contributed by atoms with Crippen LogP contribution in [0.2, 0.25) is 0 Å². The number of likely N-dealkylation sites (tertiary alicyclic amines) is 1. The Hall–Kier alpha value is -3.10. The zero-order valence-corrected chi connectivity index (χ0v) is 22.1. The molecule has 8 heteroatoms. The number of carbonyl (C=O) groups is 1. The summed E-state index contributed by atoms with van der Waals surface area (Å²) < 4.78 is 5.64. The Morgan fingerprint density at radius 2 is 1.81 bits per heavy atom. The monoisotopic (exact) mass is 503 g/mol. The molecule has 0 radical (unpaired) electrons. The molecule has 196 valence electrons. The predicted molar refractivity (Wildman–Crippen MR) is 141 cm³/mol. The van der Waals surface area contributed by atoms with Crippen molar-refractivity contribution in [2.75, 3.05) is 20.1 Å². The van der Waals surface area contributed by atoms with E-state index in [1.807, 2.05) is 18.2 Å². The summed E-state index contributed by atoms with van der Waals surface area (Å²) >= 11 is 0. The van der Waals surface area contributed by atoms with Crippen LogP contribution in [0.15, 0.2) is 47.2 Å². The van der Waals surface area contributed by atoms with Gasteiger partial charge in [0.2, 0.25) is 17.6 Å². The van der Waals surface area contributed by atoms with Crippen molar-refractivity contribution in [2.45, 2.75) is 63.9 Å². The highest BCUT2D eigenvalue weighted by molar-refractivity contribution is 5.76. The Morgan fingerprint density at radius 1 is 1.14 bits per heavy atom. The minimum absolute atomic E-state index is 0.0706. The van der Waals surface area contributed by atoms with Gasteiger partial charge in [-0.3, -0.25) is 9.78 Å². The first-order chi connectivity index (χ1) is 17.6. The molecule has 0 unspecified atom stereocenters. The molecule has 0 bridgehead atoms. The minimum atomic E-state index is -1.24. The van der Waals surface area contributed by atoms with Gasteiger partial charge in [-0.25, -0.2) is 0 Å². The molecular formula is C29H37N5O3. The summed E-state index contributed by atoms with van der Waals surface area (Å²) in [4.78, 5) is 22.9. The number of benzene rings is 1. The lowest BCUT2D eigenvalue weighted by Crippen LogP contribution is -2.63. The van der Waals surface area contributed by atoms with E-state index in [2.05, 4.69) is 60.0 Å². The first-order valence-corrected chi connectivity index (χ1v) is 13.2. The molecule has 1 saturated heterocycles. The fourth-order valence-electron chi connectivity index (χ4n) is 6.25. The average Bonchev–Trinajstić information content (AvgIpc) is 3.38. The number of amides is 1. The normalized spacial score (nSPS) is 23.4. The molecule has 3 aromatic rings. The molecule has 1 amide bonds. The lowest BCUT2D eigenvalue weighted by Gasteiger charge is -2.55. The van der Waals surface area contributed by atoms with E-state index in [4.69, 9.17) is 10.3 Å². The fraction of sp³-hybridized carbons (Fsp3) is 0.517. The largest absolute Gasteiger partial charge is 0.380 e. The van der Waals surface area contributed by atoms with Crippen molar-refractivity contribution in [3.63, 3.8) is 0 Å². The van der Waals surface area contributed by atoms with E-state index in [-0.39, 0.29) is 23.2 Å². The highest BCUT2D eigenvalue weighted by atomic mass is 16.5. The molecule has 1 aromatic carbocycles. The van der Waals surface area contributed by atoms with Crippen LogP contribution in [0.4, 0.5) is 0 Å². The third-order valence-corrected chi connectivity index (χ3v) is 8.44. The zero-order valence-electron chi connectivity index (χ0n) is 22.1. The van der Waals surface area contributed by atoms with Crippen LogP contribution in [0, 0.1) is 11.3 Å². The summed E-state index contributed by atoms with van der Waals surface area (Å²) in [5.41, 5.74) is 7.35. The minimum Gasteiger partial charge on any atom is -0.380 e. The smallest absolute Gasteiger partial charge is 0.230 e. The summed E-state index contributed by atoms with van der Waals surface area (Å²) in [7, 11) is 2.07. The highest BCUT2D eigenvalue weighted by Crippen LogP contribution is 2.50. The lowest BCUT2D eigenvalue weighted by molar-refractivity contribution is -0.127. The van der Waals surface area contributed by atoms with Gasteiger partial charge in [0.15, 0.2) is 0 Å². The maximum Gasteiger partial charge on any atom is 0.230 e. The second kappa shape index (κ2) is 9.65. The van der Waals surface area contributed by atoms with Crippen molar-refractivity contribution in [1.29, 1.82) is 0 Å². The third-order valence-electron chi connectivity index (χ3n) is 8.44. The Balaban J connectivity index is 1.46. The van der Waals surface area contributed by atoms with E-state index in [0.717, 1.165) is 44.3 Å². The van der Waals surface area contributed by atoms with Crippen LogP contribution < -0.4 is 5.73 Å². The Bertz CT molecular complexity index is 1260. The topological polar surface area (TPSA) is 118 Å². The molecule has 37 heavy (non-hydrogen) atoms. The number of rotatable bonds is 7. The first kappa shape index (κ1) is 25.5. The summed E-state index contributed by atoms with van der Waals surface area (Å²) in [5, 5.41) is 16.7. The fourth-order valence-corrected chi connectivity index (χ4v) is 6.25. The van der Waals surface area contributed by atoms with Gasteiger partial charge < -0.3 is 20.3 Å². The van der Waals surface area contributed by atoms with Gasteiger partial charge in [0, 0.05) is 53.9 Å². The van der Waals surface area contributed by atoms with Crippen LogP contribution in [0.5, 0.6) is 0 Å². The van der Waals surface area contributed by atoms with Crippen LogP contribution in [0.25, 0.3) is 11.4 Å². The van der Waals surface area contributed by atoms with Gasteiger partial charge in [-0.05, 0) is 55.8 Å². The summed E-state index contributed by atoms with van der Waals surface area (Å²) in [5.74, 6) is 1.26. The molecule has 0 spiro atoms. The molecule has 2 aliphatic rings. The van der Waals surface area contributed by atoms with Crippen LogP contribution >= 0.6 is 0 Å². The number of hydrogen-bond donors (Lipinski definition) is 2. The maximum absolute atomic E-state index is 12.5. The van der Waals surface area contributed by atoms with Crippen molar-refractivity contribution in [2.24, 2.45) is 17.1 Å². The Labute approximate surface area is 218 Å². The lowest BCUT2D eigenvalue weighted by atomic mass is 9.62. The second-order valence-electron chi connectivity index (χ2n) is 11.6. The van der Waals surface area contributed by atoms with Gasteiger partial charge >= 0.3 is 0 Å². The van der Waals surface area contributed by atoms with Gasteiger partial charge in [-0.2, -0.15) is 4.98 Å². The van der Waals surface area contributed by atoms with Gasteiger partial charge in [0.25, 0.3) is 0 Å². The number of nitrogens with zero attached hydrogens (tertiary/aromatic N) is 4. The number of aliphatic hydroxyl groups is 1. The molecule has 8 nitrogen and oxygen atoms in total. The second-order valence-corrected chi connectivity index (χ2v) is 11.6. The number of nitrogens with two attached hydrogens (primary N) is 1. The molecule has 1 atom stereocenters. The molecule has 1 aliphatic carbocycles. The molecular weight excluding hydrogens is 466 g/mol. The molecule has 2 fully saturated rings. The number of hydrogen-bond acceptors (Lipinski definition) is 7. The number of primary amides is 1. The summed E-state index contributed by atoms with van der Waals surface area (Å²) in [6, 6.07) is 10.2. The van der Waals surface area contributed by atoms with E-state index < -0.39 is 5.60 Å². The van der Waals surface area contributed by atoms with Crippen molar-refractivity contribution < 1.29 is 14.4 Å². The maximum atomic E-state index is 12.5. The van der Waals surface area contributed by atoms with Crippen LogP contribution in [-0.4, -0.2) is 51.2 Å². The standard InChI is InChI=1S/C29H37N5O3/c1-18(2)19-9-11-23(12-10-19)29(36,28(3)16-34(4)17-28)24-13-22(14-31-15-24)26-32-27(37-33-26)21-7-5-20(6-8-21)25(30)35/h9-15,18,20-21,36H,5-8,16-17H2,1-4H3,(H2,30,35)/t20-,21+,29-/m0/s1. The molecule has 2 aromatic heterocycles. The molecule has 3 N–H and O–H groups in total. The van der Waals surface area contributed by atoms with E-state index in [1.54, 1.807) is 12.4 Å². The van der Waals surface area contributed by atoms with E-state index >= 15 is 0 Å². The van der Waals surface area contributed by atoms with E-state index in [0.29, 0.717) is 28.8 Å². The first-order valence-electron chi connectivity index (χ1n) is 13.2. The van der Waals surface area contributed by atoms with E-state index in [1.165, 1.54) is 5.56 Å². The molecule has 1 aliphatic heterocycles.